The Morgan fingerprint density at radius 1 is 0.923 bits per heavy atom. The van der Waals surface area contributed by atoms with E-state index >= 15 is 0 Å². The summed E-state index contributed by atoms with van der Waals surface area (Å²) in [6, 6.07) is 8.80. The molecule has 2 N–H and O–H groups in total. The Hall–Kier alpha value is -2.08. The molecular formula is C20H28N4O2. The zero-order valence-corrected chi connectivity index (χ0v) is 15.2. The minimum Gasteiger partial charge on any atom is -0.374 e. The van der Waals surface area contributed by atoms with Crippen LogP contribution in [-0.4, -0.2) is 55.0 Å². The van der Waals surface area contributed by atoms with Crippen molar-refractivity contribution in [3.8, 4) is 0 Å². The highest BCUT2D eigenvalue weighted by Crippen LogP contribution is 2.26. The van der Waals surface area contributed by atoms with Crippen molar-refractivity contribution in [2.24, 2.45) is 0 Å². The molecule has 3 fully saturated rings. The van der Waals surface area contributed by atoms with Crippen LogP contribution in [0.2, 0.25) is 0 Å². The SMILES string of the molecule is O=C1CCC(Nc2ccc(N3CCN(C4CCCC4)CC3)cc2)C(=O)N1. The maximum Gasteiger partial charge on any atom is 0.249 e. The minimum absolute atomic E-state index is 0.180. The first-order valence-electron chi connectivity index (χ1n) is 9.88. The van der Waals surface area contributed by atoms with E-state index in [2.05, 4.69) is 32.6 Å². The Morgan fingerprint density at radius 2 is 1.62 bits per heavy atom. The third-order valence-corrected chi connectivity index (χ3v) is 5.97. The molecular weight excluding hydrogens is 328 g/mol. The standard InChI is InChI=1S/C20H28N4O2/c25-19-10-9-18(20(26)22-19)21-15-5-7-17(8-6-15)24-13-11-23(12-14-24)16-3-1-2-4-16/h5-8,16,18,21H,1-4,9-14H2,(H,22,25,26). The van der Waals surface area contributed by atoms with E-state index in [1.54, 1.807) is 0 Å². The summed E-state index contributed by atoms with van der Waals surface area (Å²) in [7, 11) is 0. The van der Waals surface area contributed by atoms with Crippen LogP contribution in [0.25, 0.3) is 0 Å². The van der Waals surface area contributed by atoms with Crippen molar-refractivity contribution < 1.29 is 9.59 Å². The van der Waals surface area contributed by atoms with Crippen LogP contribution in [0.3, 0.4) is 0 Å². The second-order valence-electron chi connectivity index (χ2n) is 7.66. The lowest BCUT2D eigenvalue weighted by Crippen LogP contribution is -2.49. The Morgan fingerprint density at radius 3 is 2.27 bits per heavy atom. The fourth-order valence-corrected chi connectivity index (χ4v) is 4.42. The molecule has 2 amide bonds. The number of carbonyl (C=O) groups excluding carboxylic acids is 2. The van der Waals surface area contributed by atoms with E-state index in [9.17, 15) is 9.59 Å². The van der Waals surface area contributed by atoms with Crippen molar-refractivity contribution in [3.63, 3.8) is 0 Å². The normalized spacial score (nSPS) is 25.4. The van der Waals surface area contributed by atoms with Gasteiger partial charge in [0.25, 0.3) is 0 Å². The lowest BCUT2D eigenvalue weighted by molar-refractivity contribution is -0.133. The summed E-state index contributed by atoms with van der Waals surface area (Å²) in [6.07, 6.45) is 6.49. The van der Waals surface area contributed by atoms with E-state index in [4.69, 9.17) is 0 Å². The predicted octanol–water partition coefficient (Wildman–Crippen LogP) is 1.97. The molecule has 1 atom stereocenters. The number of anilines is 2. The number of amides is 2. The van der Waals surface area contributed by atoms with Gasteiger partial charge in [-0.3, -0.25) is 19.8 Å². The second kappa shape index (κ2) is 7.66. The van der Waals surface area contributed by atoms with Crippen LogP contribution in [0.1, 0.15) is 38.5 Å². The van der Waals surface area contributed by atoms with Gasteiger partial charge in [0.2, 0.25) is 11.8 Å². The first kappa shape index (κ1) is 17.3. The van der Waals surface area contributed by atoms with Crippen LogP contribution in [0.5, 0.6) is 0 Å². The molecule has 140 valence electrons. The summed E-state index contributed by atoms with van der Waals surface area (Å²) in [5.41, 5.74) is 2.16. The predicted molar refractivity (Wildman–Crippen MR) is 102 cm³/mol. The van der Waals surface area contributed by atoms with Gasteiger partial charge in [-0.1, -0.05) is 12.8 Å². The van der Waals surface area contributed by atoms with E-state index < -0.39 is 0 Å². The molecule has 1 aliphatic carbocycles. The molecule has 0 bridgehead atoms. The molecule has 1 aromatic rings. The highest BCUT2D eigenvalue weighted by molar-refractivity contribution is 6.01. The van der Waals surface area contributed by atoms with E-state index in [0.29, 0.717) is 12.8 Å². The lowest BCUT2D eigenvalue weighted by Gasteiger charge is -2.39. The maximum absolute atomic E-state index is 11.9. The molecule has 1 aromatic carbocycles. The molecule has 2 heterocycles. The summed E-state index contributed by atoms with van der Waals surface area (Å²) in [4.78, 5) is 28.2. The van der Waals surface area contributed by atoms with E-state index in [1.165, 1.54) is 31.4 Å². The fourth-order valence-electron chi connectivity index (χ4n) is 4.42. The molecule has 3 aliphatic rings. The minimum atomic E-state index is -0.325. The molecule has 2 saturated heterocycles. The van der Waals surface area contributed by atoms with Gasteiger partial charge in [-0.2, -0.15) is 0 Å². The number of carbonyl (C=O) groups is 2. The Bertz CT molecular complexity index is 646. The fraction of sp³-hybridized carbons (Fsp3) is 0.600. The van der Waals surface area contributed by atoms with Crippen LogP contribution >= 0.6 is 0 Å². The number of piperazine rings is 1. The number of nitrogens with one attached hydrogen (secondary N) is 2. The van der Waals surface area contributed by atoms with E-state index in [1.807, 2.05) is 12.1 Å². The summed E-state index contributed by atoms with van der Waals surface area (Å²) in [5, 5.41) is 5.62. The van der Waals surface area contributed by atoms with Crippen LogP contribution in [0.15, 0.2) is 24.3 Å². The Balaban J connectivity index is 1.30. The first-order chi connectivity index (χ1) is 12.7. The zero-order chi connectivity index (χ0) is 17.9. The zero-order valence-electron chi connectivity index (χ0n) is 15.2. The van der Waals surface area contributed by atoms with E-state index in [0.717, 1.165) is 37.9 Å². The smallest absolute Gasteiger partial charge is 0.249 e. The van der Waals surface area contributed by atoms with Gasteiger partial charge in [0.1, 0.15) is 6.04 Å². The van der Waals surface area contributed by atoms with Gasteiger partial charge in [0, 0.05) is 50.0 Å². The quantitative estimate of drug-likeness (QED) is 0.808. The molecule has 4 rings (SSSR count). The molecule has 26 heavy (non-hydrogen) atoms. The highest BCUT2D eigenvalue weighted by Gasteiger charge is 2.27. The van der Waals surface area contributed by atoms with Crippen molar-refractivity contribution in [3.05, 3.63) is 24.3 Å². The molecule has 6 nitrogen and oxygen atoms in total. The summed E-state index contributed by atoms with van der Waals surface area (Å²) < 4.78 is 0. The summed E-state index contributed by atoms with van der Waals surface area (Å²) >= 11 is 0. The van der Waals surface area contributed by atoms with E-state index in [-0.39, 0.29) is 17.9 Å². The molecule has 0 radical (unpaired) electrons. The number of hydrogen-bond acceptors (Lipinski definition) is 5. The van der Waals surface area contributed by atoms with Gasteiger partial charge in [-0.15, -0.1) is 0 Å². The summed E-state index contributed by atoms with van der Waals surface area (Å²) in [5.74, 6) is -0.409. The van der Waals surface area contributed by atoms with Crippen LogP contribution in [-0.2, 0) is 9.59 Å². The molecule has 6 heteroatoms. The van der Waals surface area contributed by atoms with Crippen molar-refractivity contribution in [2.45, 2.75) is 50.6 Å². The molecule has 0 aromatic heterocycles. The van der Waals surface area contributed by atoms with Crippen LogP contribution in [0.4, 0.5) is 11.4 Å². The van der Waals surface area contributed by atoms with Gasteiger partial charge in [-0.25, -0.2) is 0 Å². The highest BCUT2D eigenvalue weighted by atomic mass is 16.2. The largest absolute Gasteiger partial charge is 0.374 e. The molecule has 0 spiro atoms. The molecule has 1 unspecified atom stereocenters. The van der Waals surface area contributed by atoms with Crippen molar-refractivity contribution in [1.82, 2.24) is 10.2 Å². The number of rotatable bonds is 4. The van der Waals surface area contributed by atoms with Gasteiger partial charge >= 0.3 is 0 Å². The second-order valence-corrected chi connectivity index (χ2v) is 7.66. The average molecular weight is 356 g/mol. The van der Waals surface area contributed by atoms with Crippen LogP contribution in [0, 0.1) is 0 Å². The number of benzene rings is 1. The lowest BCUT2D eigenvalue weighted by atomic mass is 10.1. The van der Waals surface area contributed by atoms with Crippen molar-refractivity contribution in [1.29, 1.82) is 0 Å². The van der Waals surface area contributed by atoms with Gasteiger partial charge in [0.15, 0.2) is 0 Å². The third-order valence-electron chi connectivity index (χ3n) is 5.97. The van der Waals surface area contributed by atoms with Crippen molar-refractivity contribution >= 4 is 23.2 Å². The van der Waals surface area contributed by atoms with Crippen molar-refractivity contribution in [2.75, 3.05) is 36.4 Å². The monoisotopic (exact) mass is 356 g/mol. The molecule has 1 saturated carbocycles. The average Bonchev–Trinajstić information content (AvgIpc) is 3.20. The van der Waals surface area contributed by atoms with Gasteiger partial charge < -0.3 is 10.2 Å². The van der Waals surface area contributed by atoms with Crippen LogP contribution < -0.4 is 15.5 Å². The number of hydrogen-bond donors (Lipinski definition) is 2. The molecule has 2 aliphatic heterocycles. The summed E-state index contributed by atoms with van der Waals surface area (Å²) in [6.45, 7) is 4.47. The number of imide groups is 1. The Kier molecular flexibility index (Phi) is 5.11. The maximum atomic E-state index is 11.9. The number of piperidine rings is 1. The third kappa shape index (κ3) is 3.85. The first-order valence-corrected chi connectivity index (χ1v) is 9.88. The van der Waals surface area contributed by atoms with Gasteiger partial charge in [-0.05, 0) is 43.5 Å². The van der Waals surface area contributed by atoms with Gasteiger partial charge in [0.05, 0.1) is 0 Å². The topological polar surface area (TPSA) is 64.7 Å². The number of nitrogens with zero attached hydrogens (tertiary/aromatic N) is 2. The Labute approximate surface area is 154 Å².